The van der Waals surface area contributed by atoms with Gasteiger partial charge in [-0.1, -0.05) is 115 Å². The first kappa shape index (κ1) is 30.1. The van der Waals surface area contributed by atoms with E-state index >= 15 is 0 Å². The van der Waals surface area contributed by atoms with Crippen LogP contribution in [0.25, 0.3) is 104 Å². The molecular weight excluding hydrogens is 667 g/mol. The van der Waals surface area contributed by atoms with E-state index in [-0.39, 0.29) is 0 Å². The van der Waals surface area contributed by atoms with E-state index in [1.807, 2.05) is 0 Å². The molecule has 0 saturated carbocycles. The zero-order valence-corrected chi connectivity index (χ0v) is 29.9. The third kappa shape index (κ3) is 4.38. The van der Waals surface area contributed by atoms with Crippen molar-refractivity contribution < 1.29 is 0 Å². The maximum absolute atomic E-state index is 2.41. The zero-order chi connectivity index (χ0) is 36.0. The number of para-hydroxylation sites is 4. The Labute approximate surface area is 317 Å². The Morgan fingerprint density at radius 3 is 1.22 bits per heavy atom. The van der Waals surface area contributed by atoms with Gasteiger partial charge >= 0.3 is 0 Å². The third-order valence-corrected chi connectivity index (χ3v) is 11.6. The quantitative estimate of drug-likeness (QED) is 0.174. The standard InChI is InChI=1S/C52H33N3/c1-2-13-37(14-3-1)53-46-19-9-6-16-41(46)44-32-35(23-29-49(44)53)36-24-30-50-45(33-36)42-17-7-10-20-47(42)54(50)38-25-27-39(28-26-38)55-48-21-11-8-18-43(48)52-40-15-5-4-12-34(40)22-31-51(52)55/h1-33H. The van der Waals surface area contributed by atoms with Gasteiger partial charge in [-0.25, -0.2) is 0 Å². The monoisotopic (exact) mass is 699 g/mol. The molecule has 0 aliphatic carbocycles. The Morgan fingerprint density at radius 2 is 0.636 bits per heavy atom. The van der Waals surface area contributed by atoms with Crippen molar-refractivity contribution in [1.29, 1.82) is 0 Å². The van der Waals surface area contributed by atoms with Gasteiger partial charge in [0.25, 0.3) is 0 Å². The smallest absolute Gasteiger partial charge is 0.0547 e. The van der Waals surface area contributed by atoms with E-state index in [1.54, 1.807) is 0 Å². The van der Waals surface area contributed by atoms with Crippen LogP contribution >= 0.6 is 0 Å². The number of aromatic nitrogens is 3. The van der Waals surface area contributed by atoms with Gasteiger partial charge in [-0.3, -0.25) is 0 Å². The molecule has 0 spiro atoms. The van der Waals surface area contributed by atoms with Gasteiger partial charge in [0.15, 0.2) is 0 Å². The van der Waals surface area contributed by atoms with Crippen LogP contribution in [0.5, 0.6) is 0 Å². The summed E-state index contributed by atoms with van der Waals surface area (Å²) in [7, 11) is 0. The number of benzene rings is 9. The minimum atomic E-state index is 1.14. The van der Waals surface area contributed by atoms with Crippen LogP contribution in [0.3, 0.4) is 0 Å². The van der Waals surface area contributed by atoms with E-state index in [2.05, 4.69) is 214 Å². The predicted octanol–water partition coefficient (Wildman–Crippen LogP) is 13.8. The Hall–Kier alpha value is -7.36. The molecule has 0 fully saturated rings. The Balaban J connectivity index is 0.995. The summed E-state index contributed by atoms with van der Waals surface area (Å²) in [5.41, 5.74) is 13.2. The molecule has 9 aromatic carbocycles. The van der Waals surface area contributed by atoms with Gasteiger partial charge in [0.1, 0.15) is 0 Å². The first-order valence-electron chi connectivity index (χ1n) is 18.9. The highest BCUT2D eigenvalue weighted by atomic mass is 15.0. The van der Waals surface area contributed by atoms with E-state index in [9.17, 15) is 0 Å². The number of fused-ring (bicyclic) bond motifs is 11. The van der Waals surface area contributed by atoms with Gasteiger partial charge < -0.3 is 13.7 Å². The molecular formula is C52H33N3. The van der Waals surface area contributed by atoms with Crippen molar-refractivity contribution in [2.24, 2.45) is 0 Å². The average Bonchev–Trinajstić information content (AvgIpc) is 3.89. The fourth-order valence-electron chi connectivity index (χ4n) is 9.21. The SMILES string of the molecule is c1ccc(-n2c3ccccc3c3cc(-c4ccc5c(c4)c4ccccc4n5-c4ccc(-n5c6ccccc6c6c7ccccc7ccc65)cc4)ccc32)cc1. The highest BCUT2D eigenvalue weighted by molar-refractivity contribution is 6.21. The van der Waals surface area contributed by atoms with Gasteiger partial charge in [0.2, 0.25) is 0 Å². The van der Waals surface area contributed by atoms with Crippen LogP contribution in [0.15, 0.2) is 200 Å². The summed E-state index contributed by atoms with van der Waals surface area (Å²) >= 11 is 0. The van der Waals surface area contributed by atoms with E-state index in [4.69, 9.17) is 0 Å². The Kier molecular flexibility index (Phi) is 6.34. The lowest BCUT2D eigenvalue weighted by Crippen LogP contribution is -1.97. The molecule has 3 heteroatoms. The lowest BCUT2D eigenvalue weighted by molar-refractivity contribution is 1.14. The van der Waals surface area contributed by atoms with Gasteiger partial charge in [-0.2, -0.15) is 0 Å². The van der Waals surface area contributed by atoms with Gasteiger partial charge in [-0.15, -0.1) is 0 Å². The lowest BCUT2D eigenvalue weighted by atomic mass is 10.0. The van der Waals surface area contributed by atoms with Crippen molar-refractivity contribution >= 4 is 76.2 Å². The van der Waals surface area contributed by atoms with Crippen LogP contribution < -0.4 is 0 Å². The van der Waals surface area contributed by atoms with Crippen LogP contribution in [-0.2, 0) is 0 Å². The van der Waals surface area contributed by atoms with Gasteiger partial charge in [-0.05, 0) is 107 Å². The second kappa shape index (κ2) is 11.6. The van der Waals surface area contributed by atoms with Crippen molar-refractivity contribution in [3.8, 4) is 28.2 Å². The van der Waals surface area contributed by atoms with E-state index in [0.717, 1.165) is 11.4 Å². The van der Waals surface area contributed by atoms with Crippen molar-refractivity contribution in [2.75, 3.05) is 0 Å². The predicted molar refractivity (Wildman–Crippen MR) is 232 cm³/mol. The third-order valence-electron chi connectivity index (χ3n) is 11.6. The maximum Gasteiger partial charge on any atom is 0.0547 e. The molecule has 3 nitrogen and oxygen atoms in total. The fourth-order valence-corrected chi connectivity index (χ4v) is 9.21. The van der Waals surface area contributed by atoms with E-state index in [1.165, 1.54) is 93.0 Å². The van der Waals surface area contributed by atoms with Crippen molar-refractivity contribution in [3.63, 3.8) is 0 Å². The second-order valence-electron chi connectivity index (χ2n) is 14.6. The normalized spacial score (nSPS) is 12.0. The molecule has 0 amide bonds. The van der Waals surface area contributed by atoms with E-state index in [0.29, 0.717) is 0 Å². The maximum atomic E-state index is 2.41. The molecule has 12 aromatic rings. The molecule has 0 aliphatic heterocycles. The zero-order valence-electron chi connectivity index (χ0n) is 29.9. The molecule has 55 heavy (non-hydrogen) atoms. The number of rotatable bonds is 4. The van der Waals surface area contributed by atoms with E-state index < -0.39 is 0 Å². The second-order valence-corrected chi connectivity index (χ2v) is 14.6. The summed E-state index contributed by atoms with van der Waals surface area (Å²) in [5.74, 6) is 0. The molecule has 0 N–H and O–H groups in total. The van der Waals surface area contributed by atoms with Crippen LogP contribution in [-0.4, -0.2) is 13.7 Å². The molecule has 12 rings (SSSR count). The Morgan fingerprint density at radius 1 is 0.236 bits per heavy atom. The Bertz CT molecular complexity index is 3470. The summed E-state index contributed by atoms with van der Waals surface area (Å²) in [6.45, 7) is 0. The minimum absolute atomic E-state index is 1.14. The summed E-state index contributed by atoms with van der Waals surface area (Å²) in [6.07, 6.45) is 0. The van der Waals surface area contributed by atoms with Crippen molar-refractivity contribution in [1.82, 2.24) is 13.7 Å². The molecule has 0 radical (unpaired) electrons. The van der Waals surface area contributed by atoms with Crippen LogP contribution in [0.2, 0.25) is 0 Å². The molecule has 3 heterocycles. The molecule has 0 aliphatic rings. The largest absolute Gasteiger partial charge is 0.309 e. The molecule has 0 saturated heterocycles. The first-order valence-corrected chi connectivity index (χ1v) is 18.9. The van der Waals surface area contributed by atoms with Crippen LogP contribution in [0.4, 0.5) is 0 Å². The summed E-state index contributed by atoms with van der Waals surface area (Å²) in [5, 5.41) is 10.1. The first-order chi connectivity index (χ1) is 27.3. The number of nitrogens with zero attached hydrogens (tertiary/aromatic N) is 3. The van der Waals surface area contributed by atoms with Gasteiger partial charge in [0.05, 0.1) is 33.1 Å². The summed E-state index contributed by atoms with van der Waals surface area (Å²) in [6, 6.07) is 73.2. The van der Waals surface area contributed by atoms with Crippen LogP contribution in [0.1, 0.15) is 0 Å². The summed E-state index contributed by atoms with van der Waals surface area (Å²) < 4.78 is 7.20. The molecule has 256 valence electrons. The van der Waals surface area contributed by atoms with Crippen molar-refractivity contribution in [3.05, 3.63) is 200 Å². The number of hydrogen-bond donors (Lipinski definition) is 0. The fraction of sp³-hybridized carbons (Fsp3) is 0. The lowest BCUT2D eigenvalue weighted by Gasteiger charge is -2.12. The minimum Gasteiger partial charge on any atom is -0.309 e. The molecule has 0 atom stereocenters. The average molecular weight is 700 g/mol. The molecule has 3 aromatic heterocycles. The molecule has 0 unspecified atom stereocenters. The topological polar surface area (TPSA) is 14.8 Å². The van der Waals surface area contributed by atoms with Crippen molar-refractivity contribution in [2.45, 2.75) is 0 Å². The van der Waals surface area contributed by atoms with Crippen LogP contribution in [0, 0.1) is 0 Å². The highest BCUT2D eigenvalue weighted by Crippen LogP contribution is 2.40. The van der Waals surface area contributed by atoms with Gasteiger partial charge in [0, 0.05) is 49.4 Å². The molecule has 0 bridgehead atoms. The summed E-state index contributed by atoms with van der Waals surface area (Å²) in [4.78, 5) is 0. The highest BCUT2D eigenvalue weighted by Gasteiger charge is 2.18. The number of hydrogen-bond acceptors (Lipinski definition) is 0.